The number of nitrogens with zero attached hydrogens (tertiary/aromatic N) is 2. The van der Waals surface area contributed by atoms with Crippen LogP contribution in [0.4, 0.5) is 11.6 Å². The van der Waals surface area contributed by atoms with E-state index in [0.717, 1.165) is 66.9 Å². The number of ether oxygens (including phenoxy) is 1. The zero-order chi connectivity index (χ0) is 26.0. The van der Waals surface area contributed by atoms with E-state index in [1.807, 2.05) is 12.1 Å². The Morgan fingerprint density at radius 3 is 2.38 bits per heavy atom. The fourth-order valence-corrected chi connectivity index (χ4v) is 5.05. The molecule has 1 amide bonds. The summed E-state index contributed by atoms with van der Waals surface area (Å²) in [5.74, 6) is 0.607. The molecule has 10 nitrogen and oxygen atoms in total. The van der Waals surface area contributed by atoms with E-state index in [1.54, 1.807) is 30.5 Å². The second-order valence-corrected chi connectivity index (χ2v) is 10.6. The lowest BCUT2D eigenvalue weighted by atomic mass is 9.90. The van der Waals surface area contributed by atoms with Crippen LogP contribution in [0.2, 0.25) is 0 Å². The van der Waals surface area contributed by atoms with Gasteiger partial charge < -0.3 is 21.1 Å². The number of nitrogens with one attached hydrogen (secondary N) is 2. The lowest BCUT2D eigenvalue weighted by Gasteiger charge is -2.29. The average molecular weight is 521 g/mol. The second-order valence-electron chi connectivity index (χ2n) is 9.08. The molecule has 0 bridgehead atoms. The van der Waals surface area contributed by atoms with Crippen molar-refractivity contribution in [2.24, 2.45) is 10.9 Å². The summed E-state index contributed by atoms with van der Waals surface area (Å²) in [7, 11) is -3.78. The molecule has 6 N–H and O–H groups in total. The minimum atomic E-state index is -3.78. The third-order valence-corrected chi connectivity index (χ3v) is 7.45. The molecule has 192 valence electrons. The molecule has 2 aromatic carbocycles. The number of anilines is 2. The quantitative estimate of drug-likeness (QED) is 0.369. The van der Waals surface area contributed by atoms with Crippen LogP contribution in [0.3, 0.4) is 0 Å². The first-order valence-electron chi connectivity index (χ1n) is 12.0. The molecule has 11 heteroatoms. The van der Waals surface area contributed by atoms with Gasteiger partial charge in [0.1, 0.15) is 17.6 Å². The van der Waals surface area contributed by atoms with Gasteiger partial charge in [-0.3, -0.25) is 4.79 Å². The Morgan fingerprint density at radius 1 is 1.03 bits per heavy atom. The molecule has 37 heavy (non-hydrogen) atoms. The Labute approximate surface area is 215 Å². The molecule has 1 saturated heterocycles. The van der Waals surface area contributed by atoms with Crippen molar-refractivity contribution < 1.29 is 17.9 Å². The molecule has 0 saturated carbocycles. The van der Waals surface area contributed by atoms with Crippen molar-refractivity contribution in [2.75, 3.05) is 18.4 Å². The first-order valence-corrected chi connectivity index (χ1v) is 13.6. The van der Waals surface area contributed by atoms with Gasteiger partial charge in [0.05, 0.1) is 4.90 Å². The van der Waals surface area contributed by atoms with Crippen molar-refractivity contribution in [3.63, 3.8) is 0 Å². The minimum Gasteiger partial charge on any atom is -0.488 e. The number of carbonyl (C=O) groups is 1. The number of nitrogens with two attached hydrogens (primary N) is 2. The summed E-state index contributed by atoms with van der Waals surface area (Å²) in [5.41, 5.74) is 10.2. The van der Waals surface area contributed by atoms with Crippen molar-refractivity contribution in [3.8, 4) is 0 Å². The highest BCUT2D eigenvalue weighted by molar-refractivity contribution is 7.89. The van der Waals surface area contributed by atoms with Crippen LogP contribution in [0.25, 0.3) is 11.3 Å². The SMILES string of the molecule is NC(=O)c1ccc(C2=C(OC3CCNCC3)c3nc(Nc4ccc(S(N)(=O)=O)cc4)ncc3CC2)cc1. The monoisotopic (exact) mass is 520 g/mol. The minimum absolute atomic E-state index is 0.0250. The summed E-state index contributed by atoms with van der Waals surface area (Å²) >= 11 is 0. The van der Waals surface area contributed by atoms with Crippen molar-refractivity contribution in [2.45, 2.75) is 36.7 Å². The van der Waals surface area contributed by atoms with Gasteiger partial charge in [-0.25, -0.2) is 23.5 Å². The van der Waals surface area contributed by atoms with Crippen molar-refractivity contribution in [1.29, 1.82) is 0 Å². The van der Waals surface area contributed by atoms with Crippen LogP contribution < -0.4 is 21.5 Å². The summed E-state index contributed by atoms with van der Waals surface area (Å²) in [6.45, 7) is 1.77. The van der Waals surface area contributed by atoms with Gasteiger partial charge in [-0.05, 0) is 80.7 Å². The number of amides is 1. The van der Waals surface area contributed by atoms with Crippen molar-refractivity contribution >= 4 is 38.9 Å². The molecule has 0 unspecified atom stereocenters. The van der Waals surface area contributed by atoms with Gasteiger partial charge >= 0.3 is 0 Å². The van der Waals surface area contributed by atoms with E-state index in [-0.39, 0.29) is 11.0 Å². The van der Waals surface area contributed by atoms with E-state index in [4.69, 9.17) is 20.6 Å². The van der Waals surface area contributed by atoms with E-state index in [9.17, 15) is 13.2 Å². The van der Waals surface area contributed by atoms with Gasteiger partial charge in [-0.15, -0.1) is 0 Å². The molecule has 5 rings (SSSR count). The standard InChI is InChI=1S/C26H28N6O4S/c27-25(33)17-3-1-16(2-4-17)22-10-5-18-15-30-26(31-19-6-8-21(9-7-19)37(28,34)35)32-23(18)24(22)36-20-11-13-29-14-12-20/h1-4,6-9,15,20,29H,5,10-14H2,(H2,27,33)(H2,28,34,35)(H,30,31,32). The number of rotatable bonds is 7. The summed E-state index contributed by atoms with van der Waals surface area (Å²) < 4.78 is 29.7. The van der Waals surface area contributed by atoms with Crippen LogP contribution in [-0.2, 0) is 21.2 Å². The van der Waals surface area contributed by atoms with Crippen LogP contribution in [-0.4, -0.2) is 43.5 Å². The maximum atomic E-state index is 11.6. The molecule has 0 atom stereocenters. The topological polar surface area (TPSA) is 162 Å². The number of aromatic nitrogens is 2. The van der Waals surface area contributed by atoms with E-state index in [1.165, 1.54) is 12.1 Å². The zero-order valence-electron chi connectivity index (χ0n) is 20.1. The van der Waals surface area contributed by atoms with E-state index < -0.39 is 15.9 Å². The number of allylic oxidation sites excluding steroid dienone is 1. The highest BCUT2D eigenvalue weighted by Crippen LogP contribution is 2.38. The summed E-state index contributed by atoms with van der Waals surface area (Å²) in [5, 5.41) is 11.7. The van der Waals surface area contributed by atoms with E-state index >= 15 is 0 Å². The predicted octanol–water partition coefficient (Wildman–Crippen LogP) is 2.55. The Morgan fingerprint density at radius 2 is 1.73 bits per heavy atom. The number of fused-ring (bicyclic) bond motifs is 1. The maximum Gasteiger partial charge on any atom is 0.248 e. The molecule has 2 heterocycles. The van der Waals surface area contributed by atoms with Crippen LogP contribution in [0.1, 0.15) is 46.4 Å². The Balaban J connectivity index is 1.51. The fourth-order valence-electron chi connectivity index (χ4n) is 4.54. The maximum absolute atomic E-state index is 11.6. The molecule has 0 radical (unpaired) electrons. The Hall–Kier alpha value is -3.80. The average Bonchev–Trinajstić information content (AvgIpc) is 2.89. The first-order chi connectivity index (χ1) is 17.8. The number of aryl methyl sites for hydroxylation is 1. The summed E-state index contributed by atoms with van der Waals surface area (Å²) in [6, 6.07) is 13.3. The third kappa shape index (κ3) is 5.63. The fraction of sp³-hybridized carbons (Fsp3) is 0.269. The second kappa shape index (κ2) is 10.3. The van der Waals surface area contributed by atoms with Crippen LogP contribution in [0.5, 0.6) is 0 Å². The third-order valence-electron chi connectivity index (χ3n) is 6.53. The molecular weight excluding hydrogens is 492 g/mol. The van der Waals surface area contributed by atoms with E-state index in [0.29, 0.717) is 17.2 Å². The van der Waals surface area contributed by atoms with Crippen LogP contribution in [0, 0.1) is 0 Å². The lowest BCUT2D eigenvalue weighted by Crippen LogP contribution is -2.32. The van der Waals surface area contributed by atoms with Gasteiger partial charge in [0.15, 0.2) is 0 Å². The number of sulfonamides is 1. The van der Waals surface area contributed by atoms with Gasteiger partial charge in [-0.1, -0.05) is 12.1 Å². The summed E-state index contributed by atoms with van der Waals surface area (Å²) in [4.78, 5) is 20.9. The number of benzene rings is 2. The van der Waals surface area contributed by atoms with Crippen molar-refractivity contribution in [1.82, 2.24) is 15.3 Å². The number of primary amides is 1. The zero-order valence-corrected chi connectivity index (χ0v) is 20.9. The highest BCUT2D eigenvalue weighted by atomic mass is 32.2. The molecule has 0 spiro atoms. The Bertz CT molecular complexity index is 1450. The number of primary sulfonamides is 1. The number of hydrogen-bond acceptors (Lipinski definition) is 8. The smallest absolute Gasteiger partial charge is 0.248 e. The largest absolute Gasteiger partial charge is 0.488 e. The van der Waals surface area contributed by atoms with Gasteiger partial charge in [0, 0.05) is 28.6 Å². The molecule has 2 aliphatic rings. The molecule has 1 aliphatic heterocycles. The van der Waals surface area contributed by atoms with Crippen molar-refractivity contribution in [3.05, 3.63) is 77.1 Å². The highest BCUT2D eigenvalue weighted by Gasteiger charge is 2.27. The van der Waals surface area contributed by atoms with E-state index in [2.05, 4.69) is 15.6 Å². The Kier molecular flexibility index (Phi) is 6.92. The predicted molar refractivity (Wildman–Crippen MR) is 140 cm³/mol. The normalized spacial score (nSPS) is 16.2. The van der Waals surface area contributed by atoms with Gasteiger partial charge in [0.25, 0.3) is 0 Å². The first kappa shape index (κ1) is 24.9. The molecule has 1 aliphatic carbocycles. The van der Waals surface area contributed by atoms with Gasteiger partial charge in [-0.2, -0.15) is 0 Å². The number of piperidine rings is 1. The molecule has 3 aromatic rings. The van der Waals surface area contributed by atoms with Crippen LogP contribution in [0.15, 0.2) is 59.6 Å². The van der Waals surface area contributed by atoms with Crippen LogP contribution >= 0.6 is 0 Å². The molecular formula is C26H28N6O4S. The summed E-state index contributed by atoms with van der Waals surface area (Å²) in [6.07, 6.45) is 5.11. The number of carbonyl (C=O) groups excluding carboxylic acids is 1. The molecule has 1 aromatic heterocycles. The molecule has 1 fully saturated rings. The number of hydrogen-bond donors (Lipinski definition) is 4. The lowest BCUT2D eigenvalue weighted by molar-refractivity contribution is 0.1000. The van der Waals surface area contributed by atoms with Gasteiger partial charge in [0.2, 0.25) is 21.9 Å².